The van der Waals surface area contributed by atoms with Gasteiger partial charge in [0.2, 0.25) is 5.82 Å². The van der Waals surface area contributed by atoms with Crippen LogP contribution in [0.3, 0.4) is 0 Å². The van der Waals surface area contributed by atoms with Crippen LogP contribution in [0.15, 0.2) is 12.1 Å². The monoisotopic (exact) mass is 292 g/mol. The van der Waals surface area contributed by atoms with Gasteiger partial charge in [0.05, 0.1) is 4.92 Å². The molecule has 0 aliphatic carbocycles. The molecule has 0 aromatic carbocycles. The molecule has 3 N–H and O–H groups in total. The van der Waals surface area contributed by atoms with Crippen molar-refractivity contribution >= 4 is 17.3 Å². The van der Waals surface area contributed by atoms with Crippen LogP contribution in [-0.4, -0.2) is 46.5 Å². The molecular formula is C13H20N6O2. The van der Waals surface area contributed by atoms with Gasteiger partial charge in [-0.05, 0) is 32.4 Å². The van der Waals surface area contributed by atoms with E-state index < -0.39 is 0 Å². The lowest BCUT2D eigenvalue weighted by atomic mass is 10.1. The van der Waals surface area contributed by atoms with Crippen molar-refractivity contribution in [3.8, 4) is 0 Å². The smallest absolute Gasteiger partial charge is 0.311 e. The van der Waals surface area contributed by atoms with Crippen LogP contribution in [0, 0.1) is 10.1 Å². The SMILES string of the molecule is CC1CN2CCCC2CN1c1nc(NN)ccc1[N+](=O)[O-]. The number of nitrogens with one attached hydrogen (secondary N) is 1. The maximum Gasteiger partial charge on any atom is 0.311 e. The Labute approximate surface area is 123 Å². The molecule has 8 nitrogen and oxygen atoms in total. The highest BCUT2D eigenvalue weighted by molar-refractivity contribution is 5.62. The van der Waals surface area contributed by atoms with E-state index in [1.165, 1.54) is 18.6 Å². The molecular weight excluding hydrogens is 272 g/mol. The highest BCUT2D eigenvalue weighted by Gasteiger charge is 2.37. The van der Waals surface area contributed by atoms with Gasteiger partial charge in [0, 0.05) is 31.2 Å². The molecule has 1 aromatic heterocycles. The maximum absolute atomic E-state index is 11.3. The summed E-state index contributed by atoms with van der Waals surface area (Å²) in [6.45, 7) is 4.91. The molecule has 114 valence electrons. The predicted molar refractivity (Wildman–Crippen MR) is 80.1 cm³/mol. The summed E-state index contributed by atoms with van der Waals surface area (Å²) in [4.78, 5) is 19.7. The molecule has 1 aromatic rings. The van der Waals surface area contributed by atoms with Crippen LogP contribution in [0.25, 0.3) is 0 Å². The average molecular weight is 292 g/mol. The largest absolute Gasteiger partial charge is 0.345 e. The number of nitrogens with two attached hydrogens (primary N) is 1. The van der Waals surface area contributed by atoms with Crippen molar-refractivity contribution in [2.24, 2.45) is 5.84 Å². The normalized spacial score (nSPS) is 25.7. The summed E-state index contributed by atoms with van der Waals surface area (Å²) < 4.78 is 0. The lowest BCUT2D eigenvalue weighted by Crippen LogP contribution is -2.55. The standard InChI is InChI=1S/C13H20N6O2/c1-9-7-17-6-2-3-10(17)8-18(9)13-11(19(20)21)4-5-12(15-13)16-14/h4-5,9-10H,2-3,6-8,14H2,1H3,(H,15,16). The third-order valence-corrected chi connectivity index (χ3v) is 4.41. The first-order valence-electron chi connectivity index (χ1n) is 7.23. The predicted octanol–water partition coefficient (Wildman–Crippen LogP) is 0.948. The molecule has 8 heteroatoms. The molecule has 2 unspecified atom stereocenters. The van der Waals surface area contributed by atoms with E-state index in [1.54, 1.807) is 0 Å². The van der Waals surface area contributed by atoms with Crippen LogP contribution >= 0.6 is 0 Å². The van der Waals surface area contributed by atoms with Crippen molar-refractivity contribution in [2.75, 3.05) is 30.0 Å². The van der Waals surface area contributed by atoms with Gasteiger partial charge in [-0.1, -0.05) is 0 Å². The molecule has 2 saturated heterocycles. The van der Waals surface area contributed by atoms with Gasteiger partial charge in [-0.3, -0.25) is 15.0 Å². The number of piperazine rings is 1. The molecule has 0 saturated carbocycles. The number of hydrogen-bond acceptors (Lipinski definition) is 7. The van der Waals surface area contributed by atoms with Gasteiger partial charge in [0.15, 0.2) is 0 Å². The zero-order chi connectivity index (χ0) is 15.0. The molecule has 2 aliphatic heterocycles. The second-order valence-electron chi connectivity index (χ2n) is 5.73. The van der Waals surface area contributed by atoms with Gasteiger partial charge in [0.25, 0.3) is 0 Å². The Morgan fingerprint density at radius 3 is 3.00 bits per heavy atom. The topological polar surface area (TPSA) is 101 Å². The minimum atomic E-state index is -0.379. The molecule has 2 fully saturated rings. The zero-order valence-electron chi connectivity index (χ0n) is 12.0. The third kappa shape index (κ3) is 2.52. The van der Waals surface area contributed by atoms with E-state index in [9.17, 15) is 10.1 Å². The molecule has 2 atom stereocenters. The number of aromatic nitrogens is 1. The van der Waals surface area contributed by atoms with E-state index in [2.05, 4.69) is 22.2 Å². The highest BCUT2D eigenvalue weighted by Crippen LogP contribution is 2.33. The van der Waals surface area contributed by atoms with Crippen LogP contribution in [0.5, 0.6) is 0 Å². The Kier molecular flexibility index (Phi) is 3.64. The fraction of sp³-hybridized carbons (Fsp3) is 0.615. The van der Waals surface area contributed by atoms with Crippen molar-refractivity contribution in [2.45, 2.75) is 31.8 Å². The number of pyridine rings is 1. The number of rotatable bonds is 3. The summed E-state index contributed by atoms with van der Waals surface area (Å²) in [7, 11) is 0. The van der Waals surface area contributed by atoms with Crippen molar-refractivity contribution in [1.29, 1.82) is 0 Å². The molecule has 0 bridgehead atoms. The second-order valence-corrected chi connectivity index (χ2v) is 5.73. The summed E-state index contributed by atoms with van der Waals surface area (Å²) in [5, 5.41) is 11.3. The van der Waals surface area contributed by atoms with Crippen LogP contribution in [0.4, 0.5) is 17.3 Å². The van der Waals surface area contributed by atoms with Crippen molar-refractivity contribution in [3.63, 3.8) is 0 Å². The quantitative estimate of drug-likeness (QED) is 0.486. The number of hydrogen-bond donors (Lipinski definition) is 2. The Hall–Kier alpha value is -1.93. The molecule has 3 rings (SSSR count). The Bertz CT molecular complexity index is 551. The number of anilines is 2. The molecule has 0 amide bonds. The number of nitrogen functional groups attached to an aromatic ring is 1. The van der Waals surface area contributed by atoms with Crippen LogP contribution < -0.4 is 16.2 Å². The molecule has 0 radical (unpaired) electrons. The maximum atomic E-state index is 11.3. The second kappa shape index (κ2) is 5.45. The number of hydrazine groups is 1. The van der Waals surface area contributed by atoms with E-state index in [-0.39, 0.29) is 16.7 Å². The molecule has 0 spiro atoms. The fourth-order valence-electron chi connectivity index (χ4n) is 3.36. The van der Waals surface area contributed by atoms with Crippen molar-refractivity contribution < 1.29 is 4.92 Å². The van der Waals surface area contributed by atoms with Gasteiger partial charge < -0.3 is 10.3 Å². The third-order valence-electron chi connectivity index (χ3n) is 4.41. The fourth-order valence-corrected chi connectivity index (χ4v) is 3.36. The van der Waals surface area contributed by atoms with Crippen LogP contribution in [-0.2, 0) is 0 Å². The van der Waals surface area contributed by atoms with E-state index >= 15 is 0 Å². The van der Waals surface area contributed by atoms with Gasteiger partial charge in [0.1, 0.15) is 5.82 Å². The summed E-state index contributed by atoms with van der Waals surface area (Å²) in [6, 6.07) is 3.65. The summed E-state index contributed by atoms with van der Waals surface area (Å²) in [5.41, 5.74) is 2.50. The molecule has 2 aliphatic rings. The number of nitro groups is 1. The summed E-state index contributed by atoms with van der Waals surface area (Å²) in [5.74, 6) is 6.24. The van der Waals surface area contributed by atoms with E-state index in [1.807, 2.05) is 4.90 Å². The first kappa shape index (κ1) is 14.0. The minimum absolute atomic E-state index is 0.0345. The van der Waals surface area contributed by atoms with Crippen molar-refractivity contribution in [1.82, 2.24) is 9.88 Å². The van der Waals surface area contributed by atoms with E-state index in [0.29, 0.717) is 17.7 Å². The van der Waals surface area contributed by atoms with Gasteiger partial charge >= 0.3 is 5.69 Å². The van der Waals surface area contributed by atoms with Crippen LogP contribution in [0.2, 0.25) is 0 Å². The van der Waals surface area contributed by atoms with Gasteiger partial charge in [-0.2, -0.15) is 0 Å². The lowest BCUT2D eigenvalue weighted by Gasteiger charge is -2.42. The minimum Gasteiger partial charge on any atom is -0.345 e. The van der Waals surface area contributed by atoms with Crippen molar-refractivity contribution in [3.05, 3.63) is 22.2 Å². The summed E-state index contributed by atoms with van der Waals surface area (Å²) >= 11 is 0. The Balaban J connectivity index is 1.95. The van der Waals surface area contributed by atoms with Gasteiger partial charge in [-0.25, -0.2) is 10.8 Å². The first-order chi connectivity index (χ1) is 10.1. The molecule has 3 heterocycles. The lowest BCUT2D eigenvalue weighted by molar-refractivity contribution is -0.384. The zero-order valence-corrected chi connectivity index (χ0v) is 12.0. The molecule has 21 heavy (non-hydrogen) atoms. The Morgan fingerprint density at radius 2 is 2.29 bits per heavy atom. The summed E-state index contributed by atoms with van der Waals surface area (Å²) in [6.07, 6.45) is 2.34. The first-order valence-corrected chi connectivity index (χ1v) is 7.23. The average Bonchev–Trinajstić information content (AvgIpc) is 2.92. The van der Waals surface area contributed by atoms with Gasteiger partial charge in [-0.15, -0.1) is 0 Å². The highest BCUT2D eigenvalue weighted by atomic mass is 16.6. The number of nitrogens with zero attached hydrogens (tertiary/aromatic N) is 4. The van der Waals surface area contributed by atoms with E-state index in [4.69, 9.17) is 5.84 Å². The van der Waals surface area contributed by atoms with E-state index in [0.717, 1.165) is 26.1 Å². The number of fused-ring (bicyclic) bond motifs is 1. The van der Waals surface area contributed by atoms with Crippen LogP contribution in [0.1, 0.15) is 19.8 Å². The Morgan fingerprint density at radius 1 is 1.48 bits per heavy atom.